The lowest BCUT2D eigenvalue weighted by atomic mass is 10.2. The molecule has 1 aromatic heterocycles. The number of nitrogens with one attached hydrogen (secondary N) is 1. The van der Waals surface area contributed by atoms with E-state index in [2.05, 4.69) is 26.2 Å². The number of hydrogen-bond acceptors (Lipinski definition) is 5. The standard InChI is InChI=1S/C14H15BrN2O2S/c1-3-19-14(18)12(13-9(2)16-8-20-13)17-11-7-5-4-6-10(11)15/h4-8,12,17H,3H2,1-2H3. The fraction of sp³-hybridized carbons (Fsp3) is 0.286. The van der Waals surface area contributed by atoms with Gasteiger partial charge in [0.05, 0.1) is 22.7 Å². The summed E-state index contributed by atoms with van der Waals surface area (Å²) in [6.07, 6.45) is 0. The van der Waals surface area contributed by atoms with E-state index in [1.165, 1.54) is 11.3 Å². The molecule has 1 atom stereocenters. The molecule has 4 nitrogen and oxygen atoms in total. The van der Waals surface area contributed by atoms with Crippen LogP contribution in [0, 0.1) is 6.92 Å². The van der Waals surface area contributed by atoms with Crippen LogP contribution in [0.4, 0.5) is 5.69 Å². The summed E-state index contributed by atoms with van der Waals surface area (Å²) >= 11 is 4.92. The van der Waals surface area contributed by atoms with Gasteiger partial charge in [-0.3, -0.25) is 0 Å². The molecule has 2 rings (SSSR count). The van der Waals surface area contributed by atoms with Gasteiger partial charge in [0, 0.05) is 10.2 Å². The first-order valence-electron chi connectivity index (χ1n) is 6.21. The number of esters is 1. The number of nitrogens with zero attached hydrogens (tertiary/aromatic N) is 1. The van der Waals surface area contributed by atoms with Crippen LogP contribution in [0.25, 0.3) is 0 Å². The molecule has 0 radical (unpaired) electrons. The number of carbonyl (C=O) groups excluding carboxylic acids is 1. The lowest BCUT2D eigenvalue weighted by molar-refractivity contribution is -0.144. The number of anilines is 1. The predicted octanol–water partition coefficient (Wildman–Crippen LogP) is 3.93. The fourth-order valence-corrected chi connectivity index (χ4v) is 3.02. The molecule has 1 unspecified atom stereocenters. The second kappa shape index (κ2) is 6.85. The molecule has 0 saturated heterocycles. The van der Waals surface area contributed by atoms with Gasteiger partial charge in [0.1, 0.15) is 0 Å². The molecule has 20 heavy (non-hydrogen) atoms. The number of halogens is 1. The van der Waals surface area contributed by atoms with Gasteiger partial charge in [-0.2, -0.15) is 0 Å². The smallest absolute Gasteiger partial charge is 0.334 e. The van der Waals surface area contributed by atoms with Crippen molar-refractivity contribution in [3.05, 3.63) is 44.8 Å². The highest BCUT2D eigenvalue weighted by Crippen LogP contribution is 2.30. The average Bonchev–Trinajstić information content (AvgIpc) is 2.84. The van der Waals surface area contributed by atoms with E-state index in [0.717, 1.165) is 20.7 Å². The fourth-order valence-electron chi connectivity index (χ4n) is 1.78. The first-order chi connectivity index (χ1) is 9.63. The Hall–Kier alpha value is -1.40. The molecule has 0 aliphatic carbocycles. The van der Waals surface area contributed by atoms with Crippen molar-refractivity contribution in [2.75, 3.05) is 11.9 Å². The predicted molar refractivity (Wildman–Crippen MR) is 84.0 cm³/mol. The van der Waals surface area contributed by atoms with Crippen molar-refractivity contribution in [3.8, 4) is 0 Å². The summed E-state index contributed by atoms with van der Waals surface area (Å²) in [5.74, 6) is -0.296. The number of thiazole rings is 1. The van der Waals surface area contributed by atoms with Gasteiger partial charge < -0.3 is 10.1 Å². The van der Waals surface area contributed by atoms with Gasteiger partial charge in [0.15, 0.2) is 6.04 Å². The Morgan fingerprint density at radius 1 is 1.50 bits per heavy atom. The second-order valence-electron chi connectivity index (χ2n) is 4.11. The van der Waals surface area contributed by atoms with Crippen molar-refractivity contribution in [2.24, 2.45) is 0 Å². The minimum Gasteiger partial charge on any atom is -0.464 e. The molecule has 106 valence electrons. The molecule has 0 fully saturated rings. The van der Waals surface area contributed by atoms with Crippen molar-refractivity contribution in [1.29, 1.82) is 0 Å². The number of hydrogen-bond donors (Lipinski definition) is 1. The van der Waals surface area contributed by atoms with Gasteiger partial charge in [-0.25, -0.2) is 9.78 Å². The van der Waals surface area contributed by atoms with E-state index in [4.69, 9.17) is 4.74 Å². The Morgan fingerprint density at radius 2 is 2.25 bits per heavy atom. The van der Waals surface area contributed by atoms with Gasteiger partial charge in [0.2, 0.25) is 0 Å². The first kappa shape index (κ1) is 15.0. The van der Waals surface area contributed by atoms with Crippen LogP contribution in [0.1, 0.15) is 23.5 Å². The summed E-state index contributed by atoms with van der Waals surface area (Å²) in [6.45, 7) is 4.04. The molecule has 1 heterocycles. The Kier molecular flexibility index (Phi) is 5.14. The van der Waals surface area contributed by atoms with Crippen molar-refractivity contribution < 1.29 is 9.53 Å². The Morgan fingerprint density at radius 3 is 2.85 bits per heavy atom. The largest absolute Gasteiger partial charge is 0.464 e. The lowest BCUT2D eigenvalue weighted by Crippen LogP contribution is -2.23. The number of ether oxygens (including phenoxy) is 1. The van der Waals surface area contributed by atoms with Gasteiger partial charge in [-0.05, 0) is 41.9 Å². The molecule has 0 bridgehead atoms. The number of rotatable bonds is 5. The third-order valence-corrected chi connectivity index (χ3v) is 4.43. The Labute approximate surface area is 130 Å². The summed E-state index contributed by atoms with van der Waals surface area (Å²) in [5.41, 5.74) is 3.42. The van der Waals surface area contributed by atoms with Gasteiger partial charge in [-0.15, -0.1) is 11.3 Å². The van der Waals surface area contributed by atoms with Crippen molar-refractivity contribution in [1.82, 2.24) is 4.98 Å². The van der Waals surface area contributed by atoms with E-state index in [9.17, 15) is 4.79 Å². The summed E-state index contributed by atoms with van der Waals surface area (Å²) in [4.78, 5) is 17.3. The van der Waals surface area contributed by atoms with Crippen molar-refractivity contribution in [2.45, 2.75) is 19.9 Å². The van der Waals surface area contributed by atoms with Crippen LogP contribution in [0.3, 0.4) is 0 Å². The van der Waals surface area contributed by atoms with Crippen molar-refractivity contribution >= 4 is 38.9 Å². The normalized spacial score (nSPS) is 11.9. The number of benzene rings is 1. The average molecular weight is 355 g/mol. The minimum absolute atomic E-state index is 0.296. The molecule has 1 N–H and O–H groups in total. The van der Waals surface area contributed by atoms with Crippen LogP contribution in [0.5, 0.6) is 0 Å². The van der Waals surface area contributed by atoms with Crippen LogP contribution < -0.4 is 5.32 Å². The van der Waals surface area contributed by atoms with Crippen LogP contribution in [-0.2, 0) is 9.53 Å². The molecule has 0 aliphatic heterocycles. The molecular weight excluding hydrogens is 340 g/mol. The zero-order valence-electron chi connectivity index (χ0n) is 11.2. The van der Waals surface area contributed by atoms with Crippen LogP contribution in [0.2, 0.25) is 0 Å². The van der Waals surface area contributed by atoms with E-state index in [-0.39, 0.29) is 5.97 Å². The van der Waals surface area contributed by atoms with Crippen LogP contribution in [-0.4, -0.2) is 17.6 Å². The van der Waals surface area contributed by atoms with Gasteiger partial charge in [-0.1, -0.05) is 12.1 Å². The SMILES string of the molecule is CCOC(=O)C(Nc1ccccc1Br)c1scnc1C. The van der Waals surface area contributed by atoms with E-state index >= 15 is 0 Å². The first-order valence-corrected chi connectivity index (χ1v) is 7.88. The van der Waals surface area contributed by atoms with E-state index < -0.39 is 6.04 Å². The third kappa shape index (κ3) is 3.37. The molecule has 0 aliphatic rings. The maximum atomic E-state index is 12.2. The topological polar surface area (TPSA) is 51.2 Å². The van der Waals surface area contributed by atoms with Crippen molar-refractivity contribution in [3.63, 3.8) is 0 Å². The van der Waals surface area contributed by atoms with Crippen LogP contribution >= 0.6 is 27.3 Å². The molecule has 2 aromatic rings. The quantitative estimate of drug-likeness (QED) is 0.826. The number of aryl methyl sites for hydroxylation is 1. The Balaban J connectivity index is 2.31. The highest BCUT2D eigenvalue weighted by Gasteiger charge is 2.26. The molecular formula is C14H15BrN2O2S. The maximum absolute atomic E-state index is 12.2. The maximum Gasteiger partial charge on any atom is 0.334 e. The summed E-state index contributed by atoms with van der Waals surface area (Å²) < 4.78 is 6.06. The number of carbonyl (C=O) groups is 1. The van der Waals surface area contributed by atoms with E-state index in [1.54, 1.807) is 12.4 Å². The summed E-state index contributed by atoms with van der Waals surface area (Å²) in [5, 5.41) is 3.22. The van der Waals surface area contributed by atoms with Gasteiger partial charge in [0.25, 0.3) is 0 Å². The zero-order valence-corrected chi connectivity index (χ0v) is 13.6. The Bertz CT molecular complexity index is 600. The molecule has 6 heteroatoms. The van der Waals surface area contributed by atoms with E-state index in [1.807, 2.05) is 31.2 Å². The number of para-hydroxylation sites is 1. The highest BCUT2D eigenvalue weighted by atomic mass is 79.9. The summed E-state index contributed by atoms with van der Waals surface area (Å²) in [6, 6.07) is 7.12. The second-order valence-corrected chi connectivity index (χ2v) is 5.85. The molecule has 1 aromatic carbocycles. The lowest BCUT2D eigenvalue weighted by Gasteiger charge is -2.18. The minimum atomic E-state index is -0.541. The van der Waals surface area contributed by atoms with E-state index in [0.29, 0.717) is 6.61 Å². The highest BCUT2D eigenvalue weighted by molar-refractivity contribution is 9.10. The monoisotopic (exact) mass is 354 g/mol. The third-order valence-electron chi connectivity index (χ3n) is 2.74. The zero-order chi connectivity index (χ0) is 14.5. The van der Waals surface area contributed by atoms with Crippen LogP contribution in [0.15, 0.2) is 34.2 Å². The molecule has 0 amide bonds. The molecule has 0 spiro atoms. The number of aromatic nitrogens is 1. The molecule has 0 saturated carbocycles. The van der Waals surface area contributed by atoms with Gasteiger partial charge >= 0.3 is 5.97 Å². The summed E-state index contributed by atoms with van der Waals surface area (Å²) in [7, 11) is 0.